The number of hydrogen-bond donors (Lipinski definition) is 1. The predicted octanol–water partition coefficient (Wildman–Crippen LogP) is 3.40. The first-order chi connectivity index (χ1) is 11.4. The number of methoxy groups -OCH3 is 1. The standard InChI is InChI=1S/C16H14FNO2.C2H4O2/c1-20-12-8-6-11(7-9-12)18-15(10-16(18)19)13-4-2-3-5-14(13)17;1-2(3)4/h2-9,15H,10H2,1H3;1H3,(H,3,4)/t15-;/m1./s1. The third kappa shape index (κ3) is 3.90. The largest absolute Gasteiger partial charge is 0.497 e. The van der Waals surface area contributed by atoms with Gasteiger partial charge in [0.05, 0.1) is 19.6 Å². The Balaban J connectivity index is 0.000000471. The van der Waals surface area contributed by atoms with Crippen LogP contribution in [0.3, 0.4) is 0 Å². The molecule has 3 rings (SSSR count). The van der Waals surface area contributed by atoms with Crippen LogP contribution in [-0.2, 0) is 9.59 Å². The van der Waals surface area contributed by atoms with Crippen molar-refractivity contribution in [3.63, 3.8) is 0 Å². The molecule has 6 heteroatoms. The van der Waals surface area contributed by atoms with Crippen molar-refractivity contribution in [2.45, 2.75) is 19.4 Å². The summed E-state index contributed by atoms with van der Waals surface area (Å²) in [7, 11) is 1.59. The molecule has 1 atom stereocenters. The van der Waals surface area contributed by atoms with Gasteiger partial charge in [-0.25, -0.2) is 4.39 Å². The molecule has 1 amide bonds. The maximum atomic E-state index is 13.8. The molecule has 0 spiro atoms. The Bertz CT molecular complexity index is 726. The van der Waals surface area contributed by atoms with E-state index in [1.165, 1.54) is 6.07 Å². The molecule has 1 aliphatic rings. The second kappa shape index (κ2) is 7.59. The molecule has 1 aliphatic heterocycles. The fourth-order valence-corrected chi connectivity index (χ4v) is 2.48. The van der Waals surface area contributed by atoms with Gasteiger partial charge in [0.25, 0.3) is 5.97 Å². The van der Waals surface area contributed by atoms with Crippen molar-refractivity contribution in [2.75, 3.05) is 12.0 Å². The van der Waals surface area contributed by atoms with Crippen LogP contribution in [0.5, 0.6) is 5.75 Å². The molecule has 0 radical (unpaired) electrons. The minimum atomic E-state index is -0.833. The van der Waals surface area contributed by atoms with Crippen molar-refractivity contribution >= 4 is 17.6 Å². The number of nitrogens with zero attached hydrogens (tertiary/aromatic N) is 1. The van der Waals surface area contributed by atoms with E-state index >= 15 is 0 Å². The third-order valence-corrected chi connectivity index (χ3v) is 3.56. The summed E-state index contributed by atoms with van der Waals surface area (Å²) in [6.45, 7) is 1.08. The summed E-state index contributed by atoms with van der Waals surface area (Å²) in [6, 6.07) is 13.6. The predicted molar refractivity (Wildman–Crippen MR) is 87.5 cm³/mol. The molecule has 0 unspecified atom stereocenters. The summed E-state index contributed by atoms with van der Waals surface area (Å²) in [6.07, 6.45) is 0.340. The molecule has 1 heterocycles. The monoisotopic (exact) mass is 331 g/mol. The van der Waals surface area contributed by atoms with E-state index in [4.69, 9.17) is 14.6 Å². The van der Waals surface area contributed by atoms with Crippen LogP contribution in [0.1, 0.15) is 24.9 Å². The highest BCUT2D eigenvalue weighted by Gasteiger charge is 2.39. The van der Waals surface area contributed by atoms with Gasteiger partial charge in [0.1, 0.15) is 11.6 Å². The van der Waals surface area contributed by atoms with Crippen LogP contribution in [0.2, 0.25) is 0 Å². The number of rotatable bonds is 3. The smallest absolute Gasteiger partial charge is 0.300 e. The minimum Gasteiger partial charge on any atom is -0.497 e. The fourth-order valence-electron chi connectivity index (χ4n) is 2.48. The lowest BCUT2D eigenvalue weighted by Crippen LogP contribution is -2.46. The zero-order chi connectivity index (χ0) is 17.7. The molecule has 0 bridgehead atoms. The van der Waals surface area contributed by atoms with Gasteiger partial charge in [0.2, 0.25) is 5.91 Å². The van der Waals surface area contributed by atoms with E-state index in [1.807, 2.05) is 12.1 Å². The Morgan fingerprint density at radius 2 is 1.79 bits per heavy atom. The lowest BCUT2D eigenvalue weighted by atomic mass is 9.92. The van der Waals surface area contributed by atoms with E-state index < -0.39 is 5.97 Å². The zero-order valence-electron chi connectivity index (χ0n) is 13.4. The van der Waals surface area contributed by atoms with Crippen LogP contribution in [0.15, 0.2) is 48.5 Å². The van der Waals surface area contributed by atoms with Crippen LogP contribution in [0, 0.1) is 5.82 Å². The van der Waals surface area contributed by atoms with E-state index in [1.54, 1.807) is 42.3 Å². The molecule has 1 fully saturated rings. The summed E-state index contributed by atoms with van der Waals surface area (Å²) >= 11 is 0. The van der Waals surface area contributed by atoms with E-state index in [0.717, 1.165) is 18.4 Å². The number of carboxylic acid groups (broad SMARTS) is 1. The Hall–Kier alpha value is -2.89. The normalized spacial score (nSPS) is 15.9. The third-order valence-electron chi connectivity index (χ3n) is 3.56. The van der Waals surface area contributed by atoms with Gasteiger partial charge in [0, 0.05) is 18.2 Å². The number of aliphatic carboxylic acids is 1. The summed E-state index contributed by atoms with van der Waals surface area (Å²) in [5.41, 5.74) is 1.32. The number of carbonyl (C=O) groups excluding carboxylic acids is 1. The Kier molecular flexibility index (Phi) is 5.52. The average molecular weight is 331 g/mol. The van der Waals surface area contributed by atoms with E-state index in [0.29, 0.717) is 12.0 Å². The molecule has 1 N–H and O–H groups in total. The van der Waals surface area contributed by atoms with Crippen molar-refractivity contribution in [1.29, 1.82) is 0 Å². The first kappa shape index (κ1) is 17.5. The number of halogens is 1. The van der Waals surface area contributed by atoms with E-state index in [2.05, 4.69) is 0 Å². The van der Waals surface area contributed by atoms with Crippen molar-refractivity contribution in [3.8, 4) is 5.75 Å². The molecule has 24 heavy (non-hydrogen) atoms. The summed E-state index contributed by atoms with van der Waals surface area (Å²) in [5, 5.41) is 7.42. The highest BCUT2D eigenvalue weighted by atomic mass is 19.1. The van der Waals surface area contributed by atoms with Crippen LogP contribution in [0.4, 0.5) is 10.1 Å². The molecule has 1 saturated heterocycles. The van der Waals surface area contributed by atoms with Gasteiger partial charge in [0.15, 0.2) is 0 Å². The van der Waals surface area contributed by atoms with Gasteiger partial charge < -0.3 is 14.7 Å². The van der Waals surface area contributed by atoms with Crippen LogP contribution in [-0.4, -0.2) is 24.1 Å². The van der Waals surface area contributed by atoms with Crippen LogP contribution in [0.25, 0.3) is 0 Å². The number of β-lactam (4-membered cyclic amide) rings is 1. The molecule has 0 saturated carbocycles. The van der Waals surface area contributed by atoms with Crippen LogP contribution >= 0.6 is 0 Å². The van der Waals surface area contributed by atoms with Crippen LogP contribution < -0.4 is 9.64 Å². The van der Waals surface area contributed by atoms with Crippen molar-refractivity contribution in [1.82, 2.24) is 0 Å². The van der Waals surface area contributed by atoms with Gasteiger partial charge in [-0.1, -0.05) is 18.2 Å². The topological polar surface area (TPSA) is 66.8 Å². The van der Waals surface area contributed by atoms with E-state index in [9.17, 15) is 9.18 Å². The Morgan fingerprint density at radius 1 is 1.21 bits per heavy atom. The van der Waals surface area contributed by atoms with Gasteiger partial charge in [-0.15, -0.1) is 0 Å². The van der Waals surface area contributed by atoms with Crippen molar-refractivity contribution < 1.29 is 23.8 Å². The zero-order valence-corrected chi connectivity index (χ0v) is 13.4. The molecule has 0 aromatic heterocycles. The molecule has 0 aliphatic carbocycles. The number of ether oxygens (including phenoxy) is 1. The maximum Gasteiger partial charge on any atom is 0.300 e. The highest BCUT2D eigenvalue weighted by molar-refractivity contribution is 6.01. The Morgan fingerprint density at radius 3 is 2.29 bits per heavy atom. The lowest BCUT2D eigenvalue weighted by molar-refractivity contribution is -0.134. The van der Waals surface area contributed by atoms with Gasteiger partial charge in [-0.05, 0) is 30.3 Å². The molecule has 126 valence electrons. The molecular weight excluding hydrogens is 313 g/mol. The first-order valence-electron chi connectivity index (χ1n) is 7.34. The number of hydrogen-bond acceptors (Lipinski definition) is 3. The van der Waals surface area contributed by atoms with E-state index in [-0.39, 0.29) is 17.8 Å². The van der Waals surface area contributed by atoms with Gasteiger partial charge in [-0.2, -0.15) is 0 Å². The summed E-state index contributed by atoms with van der Waals surface area (Å²) in [5.74, 6) is -0.379. The number of anilines is 1. The molecule has 5 nitrogen and oxygen atoms in total. The number of carboxylic acids is 1. The summed E-state index contributed by atoms with van der Waals surface area (Å²) < 4.78 is 18.9. The minimum absolute atomic E-state index is 0.00317. The number of benzene rings is 2. The summed E-state index contributed by atoms with van der Waals surface area (Å²) in [4.78, 5) is 22.5. The number of carbonyl (C=O) groups is 2. The number of amides is 1. The molecule has 2 aromatic rings. The lowest BCUT2D eigenvalue weighted by Gasteiger charge is -2.40. The van der Waals surface area contributed by atoms with Crippen molar-refractivity contribution in [2.24, 2.45) is 0 Å². The van der Waals surface area contributed by atoms with Gasteiger partial charge >= 0.3 is 0 Å². The average Bonchev–Trinajstić information content (AvgIpc) is 2.53. The maximum absolute atomic E-state index is 13.8. The highest BCUT2D eigenvalue weighted by Crippen LogP contribution is 2.39. The second-order valence-corrected chi connectivity index (χ2v) is 5.22. The quantitative estimate of drug-likeness (QED) is 0.875. The first-order valence-corrected chi connectivity index (χ1v) is 7.34. The second-order valence-electron chi connectivity index (χ2n) is 5.22. The molecular formula is C18H18FNO4. The Labute approximate surface area is 139 Å². The molecule has 2 aromatic carbocycles. The fraction of sp³-hybridized carbons (Fsp3) is 0.222. The van der Waals surface area contributed by atoms with Crippen molar-refractivity contribution in [3.05, 3.63) is 59.9 Å². The SMILES string of the molecule is CC(=O)O.COc1ccc(N2C(=O)C[C@@H]2c2ccccc2F)cc1. The van der Waals surface area contributed by atoms with Gasteiger partial charge in [-0.3, -0.25) is 9.59 Å².